The Balaban J connectivity index is 1.89. The summed E-state index contributed by atoms with van der Waals surface area (Å²) >= 11 is 5.44. The Morgan fingerprint density at radius 1 is 1.07 bits per heavy atom. The van der Waals surface area contributed by atoms with E-state index in [0.29, 0.717) is 28.5 Å². The smallest absolute Gasteiger partial charge is 0.308 e. The number of nitrogens with zero attached hydrogens (tertiary/aromatic N) is 2. The summed E-state index contributed by atoms with van der Waals surface area (Å²) in [7, 11) is 0. The van der Waals surface area contributed by atoms with E-state index in [1.807, 2.05) is 71.3 Å². The maximum atomic E-state index is 11.6. The van der Waals surface area contributed by atoms with Gasteiger partial charge >= 0.3 is 5.97 Å². The molecule has 0 atom stereocenters. The molecule has 1 heterocycles. The first-order chi connectivity index (χ1) is 13.1. The second-order valence-electron chi connectivity index (χ2n) is 6.21. The van der Waals surface area contributed by atoms with Crippen molar-refractivity contribution in [1.82, 2.24) is 14.8 Å². The van der Waals surface area contributed by atoms with E-state index in [1.165, 1.54) is 6.92 Å². The largest absolute Gasteiger partial charge is 0.426 e. The molecule has 1 aromatic heterocycles. The van der Waals surface area contributed by atoms with E-state index in [2.05, 4.69) is 10.2 Å². The average molecular weight is 375 g/mol. The van der Waals surface area contributed by atoms with Crippen LogP contribution in [0.25, 0.3) is 22.2 Å². The topological polar surface area (TPSA) is 59.9 Å². The summed E-state index contributed by atoms with van der Waals surface area (Å²) in [5, 5.41) is 9.29. The molecule has 0 saturated heterocycles. The molecule has 0 radical (unpaired) electrons. The Morgan fingerprint density at radius 3 is 2.44 bits per heavy atom. The third-order valence-corrected chi connectivity index (χ3v) is 4.60. The lowest BCUT2D eigenvalue weighted by Gasteiger charge is -2.12. The summed E-state index contributed by atoms with van der Waals surface area (Å²) in [6.07, 6.45) is 0. The predicted octanol–water partition coefficient (Wildman–Crippen LogP) is 4.73. The van der Waals surface area contributed by atoms with Gasteiger partial charge in [0.25, 0.3) is 0 Å². The molecule has 27 heavy (non-hydrogen) atoms. The third-order valence-electron chi connectivity index (χ3n) is 4.28. The number of ether oxygens (including phenoxy) is 1. The zero-order valence-electron chi connectivity index (χ0n) is 14.7. The van der Waals surface area contributed by atoms with Gasteiger partial charge in [-0.25, -0.2) is 0 Å². The van der Waals surface area contributed by atoms with E-state index in [9.17, 15) is 4.79 Å². The number of benzene rings is 3. The first-order valence-electron chi connectivity index (χ1n) is 8.52. The fraction of sp³-hybridized carbons (Fsp3) is 0.0952. The number of esters is 1. The molecule has 0 aliphatic heterocycles. The Morgan fingerprint density at radius 2 is 1.74 bits per heavy atom. The molecular weight excluding hydrogens is 358 g/mol. The van der Waals surface area contributed by atoms with Gasteiger partial charge in [0, 0.05) is 6.92 Å². The van der Waals surface area contributed by atoms with Crippen molar-refractivity contribution in [3.63, 3.8) is 0 Å². The summed E-state index contributed by atoms with van der Waals surface area (Å²) in [5.74, 6) is 0.714. The Hall–Kier alpha value is -3.25. The van der Waals surface area contributed by atoms with Gasteiger partial charge in [0.1, 0.15) is 5.75 Å². The van der Waals surface area contributed by atoms with Gasteiger partial charge in [0.2, 0.25) is 0 Å². The number of aromatic nitrogens is 3. The van der Waals surface area contributed by atoms with E-state index in [0.717, 1.165) is 16.3 Å². The normalized spacial score (nSPS) is 10.9. The molecule has 3 aromatic carbocycles. The van der Waals surface area contributed by atoms with Gasteiger partial charge in [-0.15, -0.1) is 0 Å². The lowest BCUT2D eigenvalue weighted by Crippen LogP contribution is -2.06. The van der Waals surface area contributed by atoms with Crippen LogP contribution in [0.2, 0.25) is 0 Å². The molecule has 134 valence electrons. The van der Waals surface area contributed by atoms with Crippen molar-refractivity contribution in [2.24, 2.45) is 0 Å². The monoisotopic (exact) mass is 375 g/mol. The molecule has 0 spiro atoms. The first kappa shape index (κ1) is 17.2. The van der Waals surface area contributed by atoms with Crippen LogP contribution >= 0.6 is 12.2 Å². The van der Waals surface area contributed by atoms with Crippen molar-refractivity contribution in [1.29, 1.82) is 0 Å². The molecule has 5 nitrogen and oxygen atoms in total. The lowest BCUT2D eigenvalue weighted by atomic mass is 10.1. The molecule has 0 fully saturated rings. The molecule has 0 saturated carbocycles. The zero-order chi connectivity index (χ0) is 18.8. The highest BCUT2D eigenvalue weighted by Crippen LogP contribution is 2.34. The van der Waals surface area contributed by atoms with Crippen molar-refractivity contribution in [3.05, 3.63) is 77.1 Å². The van der Waals surface area contributed by atoms with Crippen molar-refractivity contribution in [2.75, 3.05) is 0 Å². The number of carbonyl (C=O) groups is 1. The fourth-order valence-electron chi connectivity index (χ4n) is 3.07. The quantitative estimate of drug-likeness (QED) is 0.318. The van der Waals surface area contributed by atoms with Crippen LogP contribution in [-0.4, -0.2) is 20.7 Å². The summed E-state index contributed by atoms with van der Waals surface area (Å²) < 4.78 is 7.90. The van der Waals surface area contributed by atoms with E-state index >= 15 is 0 Å². The van der Waals surface area contributed by atoms with Crippen molar-refractivity contribution >= 4 is 29.0 Å². The van der Waals surface area contributed by atoms with E-state index in [4.69, 9.17) is 17.0 Å². The molecule has 0 unspecified atom stereocenters. The van der Waals surface area contributed by atoms with Crippen LogP contribution in [0.3, 0.4) is 0 Å². The molecule has 1 N–H and O–H groups in total. The number of hydrogen-bond donors (Lipinski definition) is 1. The Kier molecular flexibility index (Phi) is 4.56. The summed E-state index contributed by atoms with van der Waals surface area (Å²) in [6, 6.07) is 21.8. The minimum absolute atomic E-state index is 0.379. The molecule has 0 bridgehead atoms. The van der Waals surface area contributed by atoms with Gasteiger partial charge in [-0.2, -0.15) is 5.10 Å². The van der Waals surface area contributed by atoms with Gasteiger partial charge in [0.15, 0.2) is 10.6 Å². The van der Waals surface area contributed by atoms with E-state index in [1.54, 1.807) is 0 Å². The first-order valence-corrected chi connectivity index (χ1v) is 8.93. The average Bonchev–Trinajstić information content (AvgIpc) is 3.02. The SMILES string of the molecule is CC(=O)Oc1cc2ccccc2cc1-c1n[nH]c(=S)n1Cc1ccccc1. The van der Waals surface area contributed by atoms with Crippen LogP contribution < -0.4 is 4.74 Å². The van der Waals surface area contributed by atoms with Gasteiger partial charge in [-0.05, 0) is 40.7 Å². The minimum atomic E-state index is -0.379. The van der Waals surface area contributed by atoms with Crippen LogP contribution in [0.1, 0.15) is 12.5 Å². The fourth-order valence-corrected chi connectivity index (χ4v) is 3.27. The second kappa shape index (κ2) is 7.17. The molecule has 6 heteroatoms. The predicted molar refractivity (Wildman–Crippen MR) is 107 cm³/mol. The van der Waals surface area contributed by atoms with Crippen molar-refractivity contribution in [3.8, 4) is 17.1 Å². The van der Waals surface area contributed by atoms with Gasteiger partial charge in [-0.3, -0.25) is 14.5 Å². The van der Waals surface area contributed by atoms with E-state index < -0.39 is 0 Å². The van der Waals surface area contributed by atoms with Gasteiger partial charge in [0.05, 0.1) is 12.1 Å². The minimum Gasteiger partial charge on any atom is -0.426 e. The molecule has 0 aliphatic rings. The van der Waals surface area contributed by atoms with Crippen LogP contribution in [-0.2, 0) is 11.3 Å². The maximum absolute atomic E-state index is 11.6. The highest BCUT2D eigenvalue weighted by Gasteiger charge is 2.17. The zero-order valence-corrected chi connectivity index (χ0v) is 15.5. The molecule has 4 rings (SSSR count). The number of carbonyl (C=O) groups excluding carboxylic acids is 1. The van der Waals surface area contributed by atoms with E-state index in [-0.39, 0.29) is 5.97 Å². The number of fused-ring (bicyclic) bond motifs is 1. The number of H-pyrrole nitrogens is 1. The molecule has 0 aliphatic carbocycles. The molecular formula is C21H17N3O2S. The standard InChI is InChI=1S/C21H17N3O2S/c1-14(25)26-19-12-17-10-6-5-9-16(17)11-18(19)20-22-23-21(27)24(20)13-15-7-3-2-4-8-15/h2-12H,13H2,1H3,(H,23,27). The van der Waals surface area contributed by atoms with Crippen LogP contribution in [0.4, 0.5) is 0 Å². The highest BCUT2D eigenvalue weighted by molar-refractivity contribution is 7.71. The highest BCUT2D eigenvalue weighted by atomic mass is 32.1. The Bertz CT molecular complexity index is 1180. The van der Waals surface area contributed by atoms with Gasteiger partial charge < -0.3 is 4.74 Å². The second-order valence-corrected chi connectivity index (χ2v) is 6.60. The number of aromatic amines is 1. The number of hydrogen-bond acceptors (Lipinski definition) is 4. The Labute approximate surface area is 161 Å². The maximum Gasteiger partial charge on any atom is 0.308 e. The van der Waals surface area contributed by atoms with Crippen LogP contribution in [0.5, 0.6) is 5.75 Å². The molecule has 4 aromatic rings. The van der Waals surface area contributed by atoms with Gasteiger partial charge in [-0.1, -0.05) is 54.6 Å². The van der Waals surface area contributed by atoms with Crippen molar-refractivity contribution < 1.29 is 9.53 Å². The number of nitrogens with one attached hydrogen (secondary N) is 1. The van der Waals surface area contributed by atoms with Crippen LogP contribution in [0, 0.1) is 4.77 Å². The molecule has 0 amide bonds. The third kappa shape index (κ3) is 3.52. The lowest BCUT2D eigenvalue weighted by molar-refractivity contribution is -0.131. The summed E-state index contributed by atoms with van der Waals surface area (Å²) in [6.45, 7) is 1.96. The van der Waals surface area contributed by atoms with Crippen LogP contribution in [0.15, 0.2) is 66.7 Å². The summed E-state index contributed by atoms with van der Waals surface area (Å²) in [5.41, 5.74) is 1.82. The van der Waals surface area contributed by atoms with Crippen molar-refractivity contribution in [2.45, 2.75) is 13.5 Å². The number of rotatable bonds is 4. The summed E-state index contributed by atoms with van der Waals surface area (Å²) in [4.78, 5) is 11.6.